The van der Waals surface area contributed by atoms with Gasteiger partial charge < -0.3 is 10.4 Å². The predicted molar refractivity (Wildman–Crippen MR) is 82.6 cm³/mol. The monoisotopic (exact) mass is 305 g/mol. The Labute approximate surface area is 128 Å². The SMILES string of the molecule is Cc1cc(Nc2ccc(C(=O)O)cc2Cl)nc(C(C)C)n1. The van der Waals surface area contributed by atoms with Crippen LogP contribution in [-0.4, -0.2) is 21.0 Å². The molecule has 2 N–H and O–H groups in total. The standard InChI is InChI=1S/C15H16ClN3O2/c1-8(2)14-17-9(3)6-13(19-14)18-12-5-4-10(15(20)21)7-11(12)16/h4-8H,1-3H3,(H,20,21)(H,17,18,19). The molecule has 21 heavy (non-hydrogen) atoms. The van der Waals surface area contributed by atoms with Crippen molar-refractivity contribution in [3.63, 3.8) is 0 Å². The van der Waals surface area contributed by atoms with E-state index in [1.165, 1.54) is 12.1 Å². The van der Waals surface area contributed by atoms with Gasteiger partial charge in [0.2, 0.25) is 0 Å². The summed E-state index contributed by atoms with van der Waals surface area (Å²) in [7, 11) is 0. The molecule has 0 aliphatic heterocycles. The second-order valence-corrected chi connectivity index (χ2v) is 5.44. The van der Waals surface area contributed by atoms with Crippen molar-refractivity contribution in [1.82, 2.24) is 9.97 Å². The number of carbonyl (C=O) groups is 1. The number of hydrogen-bond donors (Lipinski definition) is 2. The third-order valence-corrected chi connectivity index (χ3v) is 3.18. The lowest BCUT2D eigenvalue weighted by atomic mass is 10.2. The Morgan fingerprint density at radius 1 is 1.29 bits per heavy atom. The maximum Gasteiger partial charge on any atom is 0.335 e. The van der Waals surface area contributed by atoms with Crippen LogP contribution in [0.4, 0.5) is 11.5 Å². The first kappa shape index (κ1) is 15.3. The topological polar surface area (TPSA) is 75.1 Å². The lowest BCUT2D eigenvalue weighted by Crippen LogP contribution is -2.04. The second kappa shape index (κ2) is 6.10. The van der Waals surface area contributed by atoms with E-state index in [4.69, 9.17) is 16.7 Å². The molecule has 1 heterocycles. The fourth-order valence-corrected chi connectivity index (χ4v) is 2.03. The van der Waals surface area contributed by atoms with Gasteiger partial charge >= 0.3 is 5.97 Å². The molecule has 5 nitrogen and oxygen atoms in total. The number of rotatable bonds is 4. The Bertz CT molecular complexity index is 687. The molecule has 0 amide bonds. The molecule has 0 unspecified atom stereocenters. The van der Waals surface area contributed by atoms with Crippen LogP contribution in [-0.2, 0) is 0 Å². The van der Waals surface area contributed by atoms with Gasteiger partial charge in [-0.1, -0.05) is 25.4 Å². The fourth-order valence-electron chi connectivity index (χ4n) is 1.80. The van der Waals surface area contributed by atoms with Gasteiger partial charge in [0, 0.05) is 17.7 Å². The molecule has 0 radical (unpaired) electrons. The van der Waals surface area contributed by atoms with Crippen molar-refractivity contribution < 1.29 is 9.90 Å². The van der Waals surface area contributed by atoms with Crippen LogP contribution >= 0.6 is 11.6 Å². The Hall–Kier alpha value is -2.14. The molecule has 0 aliphatic carbocycles. The minimum absolute atomic E-state index is 0.146. The highest BCUT2D eigenvalue weighted by atomic mass is 35.5. The van der Waals surface area contributed by atoms with Crippen LogP contribution in [0.15, 0.2) is 24.3 Å². The summed E-state index contributed by atoms with van der Waals surface area (Å²) >= 11 is 6.10. The largest absolute Gasteiger partial charge is 0.478 e. The summed E-state index contributed by atoms with van der Waals surface area (Å²) in [5.74, 6) is 0.589. The van der Waals surface area contributed by atoms with Gasteiger partial charge in [-0.2, -0.15) is 0 Å². The van der Waals surface area contributed by atoms with E-state index in [-0.39, 0.29) is 11.5 Å². The van der Waals surface area contributed by atoms with E-state index in [2.05, 4.69) is 15.3 Å². The molecule has 0 spiro atoms. The third-order valence-electron chi connectivity index (χ3n) is 2.87. The van der Waals surface area contributed by atoms with Crippen LogP contribution in [0.25, 0.3) is 0 Å². The van der Waals surface area contributed by atoms with Crippen molar-refractivity contribution >= 4 is 29.1 Å². The lowest BCUT2D eigenvalue weighted by Gasteiger charge is -2.11. The number of halogens is 1. The van der Waals surface area contributed by atoms with Crippen LogP contribution in [0.2, 0.25) is 5.02 Å². The van der Waals surface area contributed by atoms with Gasteiger partial charge in [0.25, 0.3) is 0 Å². The Kier molecular flexibility index (Phi) is 4.43. The zero-order valence-corrected chi connectivity index (χ0v) is 12.8. The van der Waals surface area contributed by atoms with Crippen LogP contribution in [0, 0.1) is 6.92 Å². The number of anilines is 2. The van der Waals surface area contributed by atoms with E-state index >= 15 is 0 Å². The first-order valence-corrected chi connectivity index (χ1v) is 6.90. The number of aromatic carboxylic acids is 1. The summed E-state index contributed by atoms with van der Waals surface area (Å²) in [6.07, 6.45) is 0. The maximum absolute atomic E-state index is 10.9. The van der Waals surface area contributed by atoms with Crippen molar-refractivity contribution in [1.29, 1.82) is 0 Å². The van der Waals surface area contributed by atoms with E-state index in [1.54, 1.807) is 6.07 Å². The minimum atomic E-state index is -1.01. The molecule has 0 saturated heterocycles. The molecular weight excluding hydrogens is 290 g/mol. The van der Waals surface area contributed by atoms with Gasteiger partial charge in [0.05, 0.1) is 16.3 Å². The van der Waals surface area contributed by atoms with E-state index in [0.717, 1.165) is 11.5 Å². The van der Waals surface area contributed by atoms with Crippen molar-refractivity contribution in [3.8, 4) is 0 Å². The number of aryl methyl sites for hydroxylation is 1. The van der Waals surface area contributed by atoms with Crippen LogP contribution in [0.1, 0.15) is 41.6 Å². The molecule has 0 saturated carbocycles. The highest BCUT2D eigenvalue weighted by Gasteiger charge is 2.10. The summed E-state index contributed by atoms with van der Waals surface area (Å²) in [4.78, 5) is 19.7. The van der Waals surface area contributed by atoms with Gasteiger partial charge in [-0.15, -0.1) is 0 Å². The smallest absolute Gasteiger partial charge is 0.335 e. The van der Waals surface area contributed by atoms with Crippen LogP contribution in [0.3, 0.4) is 0 Å². The Morgan fingerprint density at radius 2 is 2.00 bits per heavy atom. The van der Waals surface area contributed by atoms with E-state index in [1.807, 2.05) is 26.8 Å². The molecular formula is C15H16ClN3O2. The van der Waals surface area contributed by atoms with Gasteiger partial charge in [0.15, 0.2) is 0 Å². The van der Waals surface area contributed by atoms with E-state index < -0.39 is 5.97 Å². The molecule has 0 bridgehead atoms. The average molecular weight is 306 g/mol. The van der Waals surface area contributed by atoms with Crippen molar-refractivity contribution in [2.45, 2.75) is 26.7 Å². The molecule has 2 aromatic rings. The zero-order chi connectivity index (χ0) is 15.6. The number of hydrogen-bond acceptors (Lipinski definition) is 4. The summed E-state index contributed by atoms with van der Waals surface area (Å²) in [5, 5.41) is 12.4. The van der Waals surface area contributed by atoms with E-state index in [0.29, 0.717) is 16.5 Å². The summed E-state index contributed by atoms with van der Waals surface area (Å²) in [6.45, 7) is 5.94. The van der Waals surface area contributed by atoms with Crippen LogP contribution in [0.5, 0.6) is 0 Å². The number of carboxylic acids is 1. The first-order chi connectivity index (χ1) is 9.86. The number of benzene rings is 1. The average Bonchev–Trinajstić information content (AvgIpc) is 2.40. The second-order valence-electron chi connectivity index (χ2n) is 5.03. The quantitative estimate of drug-likeness (QED) is 0.893. The predicted octanol–water partition coefficient (Wildman–Crippen LogP) is 4.00. The highest BCUT2D eigenvalue weighted by Crippen LogP contribution is 2.26. The molecule has 110 valence electrons. The third kappa shape index (κ3) is 3.70. The summed E-state index contributed by atoms with van der Waals surface area (Å²) < 4.78 is 0. The van der Waals surface area contributed by atoms with E-state index in [9.17, 15) is 4.79 Å². The first-order valence-electron chi connectivity index (χ1n) is 6.52. The molecule has 0 fully saturated rings. The fraction of sp³-hybridized carbons (Fsp3) is 0.267. The van der Waals surface area contributed by atoms with Gasteiger partial charge in [-0.3, -0.25) is 0 Å². The highest BCUT2D eigenvalue weighted by molar-refractivity contribution is 6.33. The summed E-state index contributed by atoms with van der Waals surface area (Å²) in [5.41, 5.74) is 1.61. The zero-order valence-electron chi connectivity index (χ0n) is 12.0. The van der Waals surface area contributed by atoms with Gasteiger partial charge in [0.1, 0.15) is 11.6 Å². The minimum Gasteiger partial charge on any atom is -0.478 e. The Morgan fingerprint density at radius 3 is 2.57 bits per heavy atom. The van der Waals surface area contributed by atoms with Crippen molar-refractivity contribution in [2.24, 2.45) is 0 Å². The lowest BCUT2D eigenvalue weighted by molar-refractivity contribution is 0.0697. The molecule has 0 aliphatic rings. The van der Waals surface area contributed by atoms with Crippen molar-refractivity contribution in [2.75, 3.05) is 5.32 Å². The molecule has 2 rings (SSSR count). The number of nitrogens with zero attached hydrogens (tertiary/aromatic N) is 2. The molecule has 1 aromatic carbocycles. The number of carboxylic acid groups (broad SMARTS) is 1. The van der Waals surface area contributed by atoms with Gasteiger partial charge in [-0.05, 0) is 25.1 Å². The van der Waals surface area contributed by atoms with Crippen molar-refractivity contribution in [3.05, 3.63) is 46.4 Å². The molecule has 0 atom stereocenters. The summed E-state index contributed by atoms with van der Waals surface area (Å²) in [6, 6.07) is 6.34. The van der Waals surface area contributed by atoms with Gasteiger partial charge in [-0.25, -0.2) is 14.8 Å². The number of aromatic nitrogens is 2. The molecule has 6 heteroatoms. The Balaban J connectivity index is 2.32. The maximum atomic E-state index is 10.9. The molecule has 1 aromatic heterocycles. The normalized spacial score (nSPS) is 10.7. The van der Waals surface area contributed by atoms with Crippen LogP contribution < -0.4 is 5.32 Å². The number of nitrogens with one attached hydrogen (secondary N) is 1.